The van der Waals surface area contributed by atoms with E-state index in [2.05, 4.69) is 15.4 Å². The Balaban J connectivity index is 2.26. The van der Waals surface area contributed by atoms with Gasteiger partial charge in [-0.3, -0.25) is 0 Å². The molecule has 1 N–H and O–H groups in total. The first kappa shape index (κ1) is 14.6. The van der Waals surface area contributed by atoms with Crippen LogP contribution in [0.15, 0.2) is 24.5 Å². The highest BCUT2D eigenvalue weighted by Crippen LogP contribution is 2.20. The largest absolute Gasteiger partial charge is 0.313 e. The van der Waals surface area contributed by atoms with Crippen LogP contribution in [-0.2, 0) is 6.42 Å². The van der Waals surface area contributed by atoms with E-state index in [-0.39, 0.29) is 12.1 Å². The van der Waals surface area contributed by atoms with Crippen molar-refractivity contribution in [2.45, 2.75) is 32.4 Å². The number of halogens is 2. The molecule has 1 unspecified atom stereocenters. The van der Waals surface area contributed by atoms with Crippen molar-refractivity contribution in [3.05, 3.63) is 47.5 Å². The SMILES string of the molecule is CNC(Cc1ncnn1C(C)C)c1cc(F)cc(F)c1. The Morgan fingerprint density at radius 2 is 1.85 bits per heavy atom. The number of benzene rings is 1. The van der Waals surface area contributed by atoms with Gasteiger partial charge in [-0.05, 0) is 38.6 Å². The lowest BCUT2D eigenvalue weighted by Crippen LogP contribution is -2.22. The minimum atomic E-state index is -0.578. The summed E-state index contributed by atoms with van der Waals surface area (Å²) in [4.78, 5) is 4.22. The molecule has 0 radical (unpaired) electrons. The van der Waals surface area contributed by atoms with Crippen LogP contribution in [0.2, 0.25) is 0 Å². The molecule has 1 aromatic heterocycles. The molecule has 0 amide bonds. The highest BCUT2D eigenvalue weighted by Gasteiger charge is 2.17. The standard InChI is InChI=1S/C14H18F2N4/c1-9(2)20-14(18-8-19-20)7-13(17-3)10-4-11(15)6-12(16)5-10/h4-6,8-9,13,17H,7H2,1-3H3. The van der Waals surface area contributed by atoms with Crippen LogP contribution in [0.1, 0.15) is 37.3 Å². The van der Waals surface area contributed by atoms with Gasteiger partial charge in [0.1, 0.15) is 23.8 Å². The number of hydrogen-bond acceptors (Lipinski definition) is 3. The number of aromatic nitrogens is 3. The van der Waals surface area contributed by atoms with Gasteiger partial charge < -0.3 is 5.32 Å². The van der Waals surface area contributed by atoms with Gasteiger partial charge in [0, 0.05) is 24.6 Å². The smallest absolute Gasteiger partial charge is 0.138 e. The number of nitrogens with one attached hydrogen (secondary N) is 1. The van der Waals surface area contributed by atoms with Gasteiger partial charge in [-0.1, -0.05) is 0 Å². The normalized spacial score (nSPS) is 12.9. The lowest BCUT2D eigenvalue weighted by Gasteiger charge is -2.18. The molecule has 0 fully saturated rings. The quantitative estimate of drug-likeness (QED) is 0.915. The van der Waals surface area contributed by atoms with Crippen LogP contribution in [0.25, 0.3) is 0 Å². The Labute approximate surface area is 116 Å². The van der Waals surface area contributed by atoms with E-state index in [1.165, 1.54) is 18.5 Å². The average Bonchev–Trinajstić information content (AvgIpc) is 2.82. The minimum absolute atomic E-state index is 0.189. The summed E-state index contributed by atoms with van der Waals surface area (Å²) in [6.07, 6.45) is 2.01. The van der Waals surface area contributed by atoms with Gasteiger partial charge >= 0.3 is 0 Å². The minimum Gasteiger partial charge on any atom is -0.313 e. The number of nitrogens with zero attached hydrogens (tertiary/aromatic N) is 3. The van der Waals surface area contributed by atoms with Crippen LogP contribution in [0.4, 0.5) is 8.78 Å². The van der Waals surface area contributed by atoms with Gasteiger partial charge in [-0.2, -0.15) is 5.10 Å². The zero-order valence-electron chi connectivity index (χ0n) is 11.8. The molecule has 0 aliphatic rings. The predicted octanol–water partition coefficient (Wildman–Crippen LogP) is 2.64. The predicted molar refractivity (Wildman–Crippen MR) is 72.3 cm³/mol. The Hall–Kier alpha value is -1.82. The van der Waals surface area contributed by atoms with Crippen molar-refractivity contribution in [2.75, 3.05) is 7.05 Å². The molecular weight excluding hydrogens is 262 g/mol. The summed E-state index contributed by atoms with van der Waals surface area (Å²) in [5, 5.41) is 7.22. The highest BCUT2D eigenvalue weighted by molar-refractivity contribution is 5.22. The maximum atomic E-state index is 13.3. The molecule has 2 aromatic rings. The third-order valence-electron chi connectivity index (χ3n) is 3.16. The Morgan fingerprint density at radius 3 is 2.40 bits per heavy atom. The van der Waals surface area contributed by atoms with Crippen molar-refractivity contribution in [1.29, 1.82) is 0 Å². The van der Waals surface area contributed by atoms with Crippen molar-refractivity contribution in [2.24, 2.45) is 0 Å². The molecule has 4 nitrogen and oxygen atoms in total. The maximum Gasteiger partial charge on any atom is 0.138 e. The van der Waals surface area contributed by atoms with Gasteiger partial charge in [0.15, 0.2) is 0 Å². The molecule has 0 saturated heterocycles. The topological polar surface area (TPSA) is 42.7 Å². The fourth-order valence-corrected chi connectivity index (χ4v) is 2.20. The molecule has 0 aliphatic carbocycles. The van der Waals surface area contributed by atoms with E-state index < -0.39 is 11.6 Å². The van der Waals surface area contributed by atoms with E-state index in [4.69, 9.17) is 0 Å². The maximum absolute atomic E-state index is 13.3. The van der Waals surface area contributed by atoms with E-state index in [0.29, 0.717) is 12.0 Å². The molecule has 1 atom stereocenters. The van der Waals surface area contributed by atoms with Crippen molar-refractivity contribution < 1.29 is 8.78 Å². The Bertz CT molecular complexity index is 560. The summed E-state index contributed by atoms with van der Waals surface area (Å²) in [5.74, 6) is -0.375. The lowest BCUT2D eigenvalue weighted by atomic mass is 10.0. The van der Waals surface area contributed by atoms with Crippen molar-refractivity contribution in [1.82, 2.24) is 20.1 Å². The average molecular weight is 280 g/mol. The summed E-state index contributed by atoms with van der Waals surface area (Å²) in [6, 6.07) is 3.50. The first-order valence-electron chi connectivity index (χ1n) is 6.53. The van der Waals surface area contributed by atoms with E-state index in [0.717, 1.165) is 11.9 Å². The second kappa shape index (κ2) is 6.09. The second-order valence-corrected chi connectivity index (χ2v) is 4.96. The zero-order valence-corrected chi connectivity index (χ0v) is 11.8. The second-order valence-electron chi connectivity index (χ2n) is 4.96. The van der Waals surface area contributed by atoms with Crippen molar-refractivity contribution in [3.63, 3.8) is 0 Å². The third kappa shape index (κ3) is 3.19. The van der Waals surface area contributed by atoms with Gasteiger partial charge in [-0.25, -0.2) is 18.4 Å². The number of rotatable bonds is 5. The highest BCUT2D eigenvalue weighted by atomic mass is 19.1. The van der Waals surface area contributed by atoms with E-state index in [1.54, 1.807) is 11.7 Å². The van der Waals surface area contributed by atoms with Crippen LogP contribution in [0.3, 0.4) is 0 Å². The molecule has 20 heavy (non-hydrogen) atoms. The number of hydrogen-bond donors (Lipinski definition) is 1. The van der Waals surface area contributed by atoms with Crippen LogP contribution in [-0.4, -0.2) is 21.8 Å². The fraction of sp³-hybridized carbons (Fsp3) is 0.429. The first-order valence-corrected chi connectivity index (χ1v) is 6.53. The summed E-state index contributed by atoms with van der Waals surface area (Å²) >= 11 is 0. The molecule has 1 aromatic carbocycles. The molecule has 0 aliphatic heterocycles. The summed E-state index contributed by atoms with van der Waals surface area (Å²) in [5.41, 5.74) is 0.559. The summed E-state index contributed by atoms with van der Waals surface area (Å²) in [7, 11) is 1.75. The molecule has 6 heteroatoms. The van der Waals surface area contributed by atoms with Gasteiger partial charge in [0.25, 0.3) is 0 Å². The van der Waals surface area contributed by atoms with Crippen LogP contribution in [0, 0.1) is 11.6 Å². The van der Waals surface area contributed by atoms with Gasteiger partial charge in [0.2, 0.25) is 0 Å². The van der Waals surface area contributed by atoms with Crippen LogP contribution < -0.4 is 5.32 Å². The molecule has 2 rings (SSSR count). The zero-order chi connectivity index (χ0) is 14.7. The van der Waals surface area contributed by atoms with Gasteiger partial charge in [0.05, 0.1) is 0 Å². The molecule has 1 heterocycles. The Kier molecular flexibility index (Phi) is 4.44. The fourth-order valence-electron chi connectivity index (χ4n) is 2.20. The van der Waals surface area contributed by atoms with Gasteiger partial charge in [-0.15, -0.1) is 0 Å². The molecular formula is C14H18F2N4. The third-order valence-corrected chi connectivity index (χ3v) is 3.16. The lowest BCUT2D eigenvalue weighted by molar-refractivity contribution is 0.475. The monoisotopic (exact) mass is 280 g/mol. The molecule has 0 bridgehead atoms. The summed E-state index contributed by atoms with van der Waals surface area (Å²) in [6.45, 7) is 4.02. The van der Waals surface area contributed by atoms with Crippen LogP contribution >= 0.6 is 0 Å². The van der Waals surface area contributed by atoms with E-state index in [1.807, 2.05) is 13.8 Å². The van der Waals surface area contributed by atoms with Crippen molar-refractivity contribution >= 4 is 0 Å². The van der Waals surface area contributed by atoms with Crippen LogP contribution in [0.5, 0.6) is 0 Å². The molecule has 108 valence electrons. The molecule has 0 saturated carbocycles. The van der Waals surface area contributed by atoms with E-state index >= 15 is 0 Å². The Morgan fingerprint density at radius 1 is 1.20 bits per heavy atom. The number of likely N-dealkylation sites (N-methyl/N-ethyl adjacent to an activating group) is 1. The summed E-state index contributed by atoms with van der Waals surface area (Å²) < 4.78 is 28.4. The molecule has 0 spiro atoms. The van der Waals surface area contributed by atoms with E-state index in [9.17, 15) is 8.78 Å². The van der Waals surface area contributed by atoms with Crippen molar-refractivity contribution in [3.8, 4) is 0 Å². The first-order chi connectivity index (χ1) is 9.51.